The predicted octanol–water partition coefficient (Wildman–Crippen LogP) is -0.471. The average Bonchev–Trinajstić information content (AvgIpc) is 2.86. The highest BCUT2D eigenvalue weighted by Gasteiger charge is 2.67. The van der Waals surface area contributed by atoms with Crippen LogP contribution in [0.4, 0.5) is 0 Å². The van der Waals surface area contributed by atoms with E-state index in [1.807, 2.05) is 0 Å². The molecule has 2 saturated heterocycles. The maximum Gasteiger partial charge on any atom is 0.238 e. The summed E-state index contributed by atoms with van der Waals surface area (Å²) in [7, 11) is 3.00. The van der Waals surface area contributed by atoms with Crippen molar-refractivity contribution in [3.63, 3.8) is 0 Å². The van der Waals surface area contributed by atoms with E-state index in [2.05, 4.69) is 0 Å². The monoisotopic (exact) mass is 209 g/mol. The summed E-state index contributed by atoms with van der Waals surface area (Å²) in [5.74, 6) is -2.29. The number of hydrogen-bond acceptors (Lipinski definition) is 4. The molecule has 5 heteroatoms. The van der Waals surface area contributed by atoms with Gasteiger partial charge in [0.05, 0.1) is 12.0 Å². The van der Waals surface area contributed by atoms with Crippen LogP contribution in [0.2, 0.25) is 0 Å². The van der Waals surface area contributed by atoms with E-state index in [1.54, 1.807) is 12.2 Å². The first-order chi connectivity index (χ1) is 7.10. The molecule has 80 valence electrons. The standard InChI is InChI=1S/C10H11NO4/c1-11-8(12)6-5-3-4-10(14-2,15-5)7(6)9(11)13/h3-7H,1-2H3/t5-,6+,7-,10+/m0/s1. The Morgan fingerprint density at radius 1 is 1.47 bits per heavy atom. The van der Waals surface area contributed by atoms with E-state index in [1.165, 1.54) is 19.1 Å². The zero-order valence-corrected chi connectivity index (χ0v) is 8.47. The number of carbonyl (C=O) groups excluding carboxylic acids is 2. The van der Waals surface area contributed by atoms with Crippen molar-refractivity contribution in [1.82, 2.24) is 4.90 Å². The minimum atomic E-state index is -1.01. The minimum Gasteiger partial charge on any atom is -0.349 e. The molecule has 0 aromatic rings. The third-order valence-corrected chi connectivity index (χ3v) is 3.52. The van der Waals surface area contributed by atoms with Gasteiger partial charge < -0.3 is 9.47 Å². The van der Waals surface area contributed by atoms with E-state index < -0.39 is 17.6 Å². The predicted molar refractivity (Wildman–Crippen MR) is 48.5 cm³/mol. The van der Waals surface area contributed by atoms with E-state index in [-0.39, 0.29) is 17.9 Å². The van der Waals surface area contributed by atoms with Gasteiger partial charge in [0, 0.05) is 14.2 Å². The second-order valence-corrected chi connectivity index (χ2v) is 4.11. The van der Waals surface area contributed by atoms with Crippen molar-refractivity contribution >= 4 is 11.8 Å². The molecule has 15 heavy (non-hydrogen) atoms. The number of imide groups is 1. The fourth-order valence-electron chi connectivity index (χ4n) is 2.72. The van der Waals surface area contributed by atoms with Crippen molar-refractivity contribution in [2.24, 2.45) is 11.8 Å². The van der Waals surface area contributed by atoms with Gasteiger partial charge >= 0.3 is 0 Å². The molecule has 0 saturated carbocycles. The lowest BCUT2D eigenvalue weighted by Crippen LogP contribution is -2.41. The lowest BCUT2D eigenvalue weighted by Gasteiger charge is -2.26. The van der Waals surface area contributed by atoms with Gasteiger partial charge in [-0.05, 0) is 6.08 Å². The highest BCUT2D eigenvalue weighted by Crippen LogP contribution is 2.51. The Kier molecular flexibility index (Phi) is 1.50. The number of hydrogen-bond donors (Lipinski definition) is 0. The Bertz CT molecular complexity index is 391. The molecular formula is C10H11NO4. The van der Waals surface area contributed by atoms with Crippen LogP contribution in [-0.2, 0) is 19.1 Å². The summed E-state index contributed by atoms with van der Waals surface area (Å²) >= 11 is 0. The molecule has 0 radical (unpaired) electrons. The number of nitrogens with zero attached hydrogens (tertiary/aromatic N) is 1. The number of likely N-dealkylation sites (tertiary alicyclic amines) is 1. The normalized spacial score (nSPS) is 46.8. The zero-order valence-electron chi connectivity index (χ0n) is 8.47. The highest BCUT2D eigenvalue weighted by atomic mass is 16.7. The second kappa shape index (κ2) is 2.48. The molecule has 0 N–H and O–H groups in total. The smallest absolute Gasteiger partial charge is 0.238 e. The van der Waals surface area contributed by atoms with Gasteiger partial charge in [-0.2, -0.15) is 0 Å². The number of ether oxygens (including phenoxy) is 2. The maximum atomic E-state index is 11.9. The van der Waals surface area contributed by atoms with E-state index in [9.17, 15) is 9.59 Å². The van der Waals surface area contributed by atoms with Crippen LogP contribution in [-0.4, -0.2) is 42.8 Å². The first-order valence-corrected chi connectivity index (χ1v) is 4.84. The van der Waals surface area contributed by atoms with Gasteiger partial charge in [-0.3, -0.25) is 14.5 Å². The number of fused-ring (bicyclic) bond motifs is 5. The first-order valence-electron chi connectivity index (χ1n) is 4.84. The van der Waals surface area contributed by atoms with E-state index >= 15 is 0 Å². The largest absolute Gasteiger partial charge is 0.349 e. The van der Waals surface area contributed by atoms with Crippen molar-refractivity contribution in [3.05, 3.63) is 12.2 Å². The maximum absolute atomic E-state index is 11.9. The Hall–Kier alpha value is -1.20. The van der Waals surface area contributed by atoms with E-state index in [0.29, 0.717) is 0 Å². The van der Waals surface area contributed by atoms with Gasteiger partial charge in [-0.15, -0.1) is 0 Å². The lowest BCUT2D eigenvalue weighted by atomic mass is 9.83. The average molecular weight is 209 g/mol. The Labute approximate surface area is 86.6 Å². The van der Waals surface area contributed by atoms with Crippen LogP contribution in [0.25, 0.3) is 0 Å². The summed E-state index contributed by atoms with van der Waals surface area (Å²) < 4.78 is 10.8. The van der Waals surface area contributed by atoms with Crippen LogP contribution in [0.3, 0.4) is 0 Å². The van der Waals surface area contributed by atoms with Gasteiger partial charge in [-0.25, -0.2) is 0 Å². The highest BCUT2D eigenvalue weighted by molar-refractivity contribution is 6.06. The molecule has 2 fully saturated rings. The fraction of sp³-hybridized carbons (Fsp3) is 0.600. The van der Waals surface area contributed by atoms with E-state index in [4.69, 9.17) is 9.47 Å². The molecule has 0 unspecified atom stereocenters. The van der Waals surface area contributed by atoms with Crippen LogP contribution in [0.5, 0.6) is 0 Å². The van der Waals surface area contributed by atoms with Crippen molar-refractivity contribution in [1.29, 1.82) is 0 Å². The zero-order chi connectivity index (χ0) is 10.8. The minimum absolute atomic E-state index is 0.168. The second-order valence-electron chi connectivity index (χ2n) is 4.11. The topological polar surface area (TPSA) is 55.8 Å². The van der Waals surface area contributed by atoms with Gasteiger partial charge in [0.1, 0.15) is 5.92 Å². The third kappa shape index (κ3) is 0.815. The summed E-state index contributed by atoms with van der Waals surface area (Å²) in [6, 6.07) is 0. The Balaban J connectivity index is 2.10. The molecule has 2 amide bonds. The van der Waals surface area contributed by atoms with Gasteiger partial charge in [0.2, 0.25) is 17.6 Å². The van der Waals surface area contributed by atoms with E-state index in [0.717, 1.165) is 0 Å². The molecule has 2 bridgehead atoms. The molecule has 0 aliphatic carbocycles. The summed E-state index contributed by atoms with van der Waals surface area (Å²) in [4.78, 5) is 24.8. The summed E-state index contributed by atoms with van der Waals surface area (Å²) in [5, 5.41) is 0. The molecule has 0 aromatic carbocycles. The van der Waals surface area contributed by atoms with Crippen LogP contribution < -0.4 is 0 Å². The number of rotatable bonds is 1. The van der Waals surface area contributed by atoms with Crippen LogP contribution in [0.1, 0.15) is 0 Å². The molecule has 3 heterocycles. The van der Waals surface area contributed by atoms with Crippen molar-refractivity contribution < 1.29 is 19.1 Å². The summed E-state index contributed by atoms with van der Waals surface area (Å²) in [6.45, 7) is 0. The SMILES string of the molecule is CO[C@]12C=C[C@H](O1)[C@H]1C(=O)N(C)C(=O)[C@H]12. The van der Waals surface area contributed by atoms with Gasteiger partial charge in [0.25, 0.3) is 0 Å². The summed E-state index contributed by atoms with van der Waals surface area (Å²) in [5.41, 5.74) is 0. The molecule has 0 spiro atoms. The molecule has 3 aliphatic heterocycles. The fourth-order valence-corrected chi connectivity index (χ4v) is 2.72. The number of amides is 2. The number of carbonyl (C=O) groups is 2. The van der Waals surface area contributed by atoms with Crippen LogP contribution in [0.15, 0.2) is 12.2 Å². The third-order valence-electron chi connectivity index (χ3n) is 3.52. The molecule has 3 aliphatic rings. The summed E-state index contributed by atoms with van der Waals surface area (Å²) in [6.07, 6.45) is 3.23. The first kappa shape index (κ1) is 9.06. The van der Waals surface area contributed by atoms with Gasteiger partial charge in [-0.1, -0.05) is 6.08 Å². The van der Waals surface area contributed by atoms with Crippen molar-refractivity contribution in [2.45, 2.75) is 11.9 Å². The van der Waals surface area contributed by atoms with Crippen molar-refractivity contribution in [3.8, 4) is 0 Å². The molecule has 0 aromatic heterocycles. The van der Waals surface area contributed by atoms with Crippen LogP contribution in [0, 0.1) is 11.8 Å². The Morgan fingerprint density at radius 3 is 2.87 bits per heavy atom. The Morgan fingerprint density at radius 2 is 2.20 bits per heavy atom. The quantitative estimate of drug-likeness (QED) is 0.432. The van der Waals surface area contributed by atoms with Crippen LogP contribution >= 0.6 is 0 Å². The van der Waals surface area contributed by atoms with Gasteiger partial charge in [0.15, 0.2) is 0 Å². The molecule has 5 nitrogen and oxygen atoms in total. The number of methoxy groups -OCH3 is 1. The molecular weight excluding hydrogens is 198 g/mol. The van der Waals surface area contributed by atoms with Crippen molar-refractivity contribution in [2.75, 3.05) is 14.2 Å². The molecule has 3 rings (SSSR count). The lowest BCUT2D eigenvalue weighted by molar-refractivity contribution is -0.185. The molecule has 4 atom stereocenters.